The highest BCUT2D eigenvalue weighted by Crippen LogP contribution is 2.42. The fraction of sp³-hybridized carbons (Fsp3) is 0.565. The minimum absolute atomic E-state index is 0.0317. The van der Waals surface area contributed by atoms with Crippen LogP contribution in [0.15, 0.2) is 30.3 Å². The Balaban J connectivity index is 1.40. The molecule has 1 saturated heterocycles. The molecule has 0 saturated carbocycles. The molecule has 168 valence electrons. The van der Waals surface area contributed by atoms with Gasteiger partial charge in [0.15, 0.2) is 6.04 Å². The van der Waals surface area contributed by atoms with E-state index in [1.165, 1.54) is 0 Å². The van der Waals surface area contributed by atoms with Crippen molar-refractivity contribution in [2.75, 3.05) is 18.4 Å². The summed E-state index contributed by atoms with van der Waals surface area (Å²) in [6.07, 6.45) is -2.98. The molecular formula is C23H29F3N4O. The molecule has 0 spiro atoms. The van der Waals surface area contributed by atoms with E-state index in [1.54, 1.807) is 13.0 Å². The van der Waals surface area contributed by atoms with E-state index in [0.29, 0.717) is 37.4 Å². The molecule has 1 aromatic heterocycles. The van der Waals surface area contributed by atoms with E-state index in [-0.39, 0.29) is 30.2 Å². The Morgan fingerprint density at radius 2 is 1.81 bits per heavy atom. The molecule has 0 bridgehead atoms. The minimum atomic E-state index is -4.34. The molecule has 2 aromatic rings. The standard InChI is InChI=1S/C23H29F3N4O/c1-14-4-6-17(7-5-14)16(3)22(31)29-10-8-18(9-11-29)19-13-20(23(24,25)26)30-21(27-19)12-15(2)28-30/h4-7,12,16,18-20,27H,8-11,13H2,1-3H3/t16-,19+,20-/m1/s1. The van der Waals surface area contributed by atoms with Gasteiger partial charge in [-0.05, 0) is 51.5 Å². The Labute approximate surface area is 180 Å². The Kier molecular flexibility index (Phi) is 5.75. The van der Waals surface area contributed by atoms with Crippen molar-refractivity contribution < 1.29 is 18.0 Å². The number of benzene rings is 1. The fourth-order valence-electron chi connectivity index (χ4n) is 4.83. The van der Waals surface area contributed by atoms with E-state index in [9.17, 15) is 18.0 Å². The Hall–Kier alpha value is -2.51. The van der Waals surface area contributed by atoms with Gasteiger partial charge in [-0.15, -0.1) is 0 Å². The number of carbonyl (C=O) groups is 1. The summed E-state index contributed by atoms with van der Waals surface area (Å²) in [5.41, 5.74) is 2.71. The first-order valence-corrected chi connectivity index (χ1v) is 10.9. The largest absolute Gasteiger partial charge is 0.410 e. The summed E-state index contributed by atoms with van der Waals surface area (Å²) in [6.45, 7) is 6.78. The Morgan fingerprint density at radius 1 is 1.16 bits per heavy atom. The lowest BCUT2D eigenvalue weighted by Gasteiger charge is -2.41. The van der Waals surface area contributed by atoms with Gasteiger partial charge >= 0.3 is 6.18 Å². The lowest BCUT2D eigenvalue weighted by atomic mass is 9.84. The average Bonchev–Trinajstić information content (AvgIpc) is 3.11. The van der Waals surface area contributed by atoms with Crippen LogP contribution in [0.4, 0.5) is 19.0 Å². The summed E-state index contributed by atoms with van der Waals surface area (Å²) in [4.78, 5) is 14.8. The molecule has 31 heavy (non-hydrogen) atoms. The number of halogens is 3. The SMILES string of the molecule is Cc1ccc([C@@H](C)C(=O)N2CCC([C@@H]3C[C@H](C(F)(F)F)n4nc(C)cc4N3)CC2)cc1. The van der Waals surface area contributed by atoms with E-state index in [4.69, 9.17) is 0 Å². The smallest absolute Gasteiger partial charge is 0.367 e. The second kappa shape index (κ2) is 8.20. The molecule has 1 fully saturated rings. The van der Waals surface area contributed by atoms with Crippen molar-refractivity contribution in [3.05, 3.63) is 47.2 Å². The van der Waals surface area contributed by atoms with Gasteiger partial charge in [0.2, 0.25) is 5.91 Å². The summed E-state index contributed by atoms with van der Waals surface area (Å²) < 4.78 is 42.1. The first kappa shape index (κ1) is 21.7. The van der Waals surface area contributed by atoms with Gasteiger partial charge in [0.1, 0.15) is 5.82 Å². The van der Waals surface area contributed by atoms with Crippen LogP contribution in [0, 0.1) is 19.8 Å². The molecule has 1 N–H and O–H groups in total. The zero-order chi connectivity index (χ0) is 22.3. The number of aryl methyl sites for hydroxylation is 2. The van der Waals surface area contributed by atoms with Gasteiger partial charge in [-0.25, -0.2) is 4.68 Å². The highest BCUT2D eigenvalue weighted by molar-refractivity contribution is 5.83. The Bertz CT molecular complexity index is 929. The quantitative estimate of drug-likeness (QED) is 0.753. The monoisotopic (exact) mass is 434 g/mol. The number of fused-ring (bicyclic) bond motifs is 1. The topological polar surface area (TPSA) is 50.2 Å². The molecule has 5 nitrogen and oxygen atoms in total. The second-order valence-corrected chi connectivity index (χ2v) is 8.95. The Morgan fingerprint density at radius 3 is 2.42 bits per heavy atom. The van der Waals surface area contributed by atoms with Crippen LogP contribution in [0.25, 0.3) is 0 Å². The van der Waals surface area contributed by atoms with Gasteiger partial charge in [0.05, 0.1) is 11.6 Å². The number of alkyl halides is 3. The molecule has 0 radical (unpaired) electrons. The maximum absolute atomic E-state index is 13.7. The number of hydrogen-bond acceptors (Lipinski definition) is 3. The van der Waals surface area contributed by atoms with Crippen LogP contribution in [0.2, 0.25) is 0 Å². The molecule has 4 rings (SSSR count). The predicted octanol–water partition coefficient (Wildman–Crippen LogP) is 4.83. The third-order valence-corrected chi connectivity index (χ3v) is 6.71. The van der Waals surface area contributed by atoms with E-state index in [1.807, 2.05) is 43.0 Å². The molecule has 0 aliphatic carbocycles. The molecule has 2 aliphatic heterocycles. The maximum Gasteiger partial charge on any atom is 0.410 e. The summed E-state index contributed by atoms with van der Waals surface area (Å²) in [5, 5.41) is 7.33. The molecular weight excluding hydrogens is 405 g/mol. The number of aromatic nitrogens is 2. The molecule has 2 aliphatic rings. The first-order valence-electron chi connectivity index (χ1n) is 10.9. The molecule has 3 heterocycles. The van der Waals surface area contributed by atoms with E-state index in [0.717, 1.165) is 15.8 Å². The van der Waals surface area contributed by atoms with Gasteiger partial charge in [-0.1, -0.05) is 29.8 Å². The average molecular weight is 435 g/mol. The van der Waals surface area contributed by atoms with Crippen LogP contribution in [0.5, 0.6) is 0 Å². The van der Waals surface area contributed by atoms with E-state index < -0.39 is 12.2 Å². The van der Waals surface area contributed by atoms with Crippen molar-refractivity contribution >= 4 is 11.7 Å². The van der Waals surface area contributed by atoms with Gasteiger partial charge in [-0.3, -0.25) is 4.79 Å². The van der Waals surface area contributed by atoms with Crippen LogP contribution in [-0.4, -0.2) is 45.9 Å². The predicted molar refractivity (Wildman–Crippen MR) is 113 cm³/mol. The van der Waals surface area contributed by atoms with Gasteiger partial charge < -0.3 is 10.2 Å². The van der Waals surface area contributed by atoms with Gasteiger partial charge in [0, 0.05) is 25.2 Å². The van der Waals surface area contributed by atoms with Crippen molar-refractivity contribution in [3.63, 3.8) is 0 Å². The first-order chi connectivity index (χ1) is 14.6. The molecule has 1 amide bonds. The lowest BCUT2D eigenvalue weighted by molar-refractivity contribution is -0.174. The van der Waals surface area contributed by atoms with Crippen LogP contribution >= 0.6 is 0 Å². The minimum Gasteiger partial charge on any atom is -0.367 e. The highest BCUT2D eigenvalue weighted by atomic mass is 19.4. The van der Waals surface area contributed by atoms with E-state index in [2.05, 4.69) is 10.4 Å². The number of nitrogens with zero attached hydrogens (tertiary/aromatic N) is 3. The zero-order valence-electron chi connectivity index (χ0n) is 18.1. The molecule has 8 heteroatoms. The molecule has 3 atom stereocenters. The van der Waals surface area contributed by atoms with Crippen LogP contribution in [0.3, 0.4) is 0 Å². The van der Waals surface area contributed by atoms with Crippen LogP contribution in [-0.2, 0) is 4.79 Å². The highest BCUT2D eigenvalue weighted by Gasteiger charge is 2.47. The normalized spacial score (nSPS) is 23.2. The van der Waals surface area contributed by atoms with Gasteiger partial charge in [0.25, 0.3) is 0 Å². The molecule has 1 aromatic carbocycles. The number of carbonyl (C=O) groups excluding carboxylic acids is 1. The van der Waals surface area contributed by atoms with Crippen LogP contribution < -0.4 is 5.32 Å². The van der Waals surface area contributed by atoms with Crippen LogP contribution in [0.1, 0.15) is 55.0 Å². The number of anilines is 1. The van der Waals surface area contributed by atoms with Crippen molar-refractivity contribution in [2.45, 2.75) is 64.2 Å². The van der Waals surface area contributed by atoms with Crippen molar-refractivity contribution in [1.82, 2.24) is 14.7 Å². The number of likely N-dealkylation sites (tertiary alicyclic amines) is 1. The van der Waals surface area contributed by atoms with Gasteiger partial charge in [-0.2, -0.15) is 18.3 Å². The number of nitrogens with one attached hydrogen (secondary N) is 1. The summed E-state index contributed by atoms with van der Waals surface area (Å²) in [7, 11) is 0. The maximum atomic E-state index is 13.7. The van der Waals surface area contributed by atoms with Crippen molar-refractivity contribution in [3.8, 4) is 0 Å². The number of rotatable bonds is 3. The number of hydrogen-bond donors (Lipinski definition) is 1. The second-order valence-electron chi connectivity index (χ2n) is 8.95. The zero-order valence-corrected chi connectivity index (χ0v) is 18.1. The lowest BCUT2D eigenvalue weighted by Crippen LogP contribution is -2.47. The fourth-order valence-corrected chi connectivity index (χ4v) is 4.83. The third kappa shape index (κ3) is 4.43. The van der Waals surface area contributed by atoms with E-state index >= 15 is 0 Å². The summed E-state index contributed by atoms with van der Waals surface area (Å²) in [6, 6.07) is 7.77. The third-order valence-electron chi connectivity index (χ3n) is 6.71. The summed E-state index contributed by atoms with van der Waals surface area (Å²) in [5.74, 6) is 0.382. The van der Waals surface area contributed by atoms with Crippen molar-refractivity contribution in [2.24, 2.45) is 5.92 Å². The molecule has 0 unspecified atom stereocenters. The van der Waals surface area contributed by atoms with Crippen molar-refractivity contribution in [1.29, 1.82) is 0 Å². The summed E-state index contributed by atoms with van der Waals surface area (Å²) >= 11 is 0. The number of amides is 1. The number of piperidine rings is 1.